The molecular formula is C18H18N2O. The molecule has 1 aliphatic rings. The van der Waals surface area contributed by atoms with E-state index in [1.807, 2.05) is 36.4 Å². The first-order chi connectivity index (χ1) is 10.4. The molecule has 2 aromatic carbocycles. The van der Waals surface area contributed by atoms with E-state index < -0.39 is 0 Å². The first-order valence-corrected chi connectivity index (χ1v) is 7.28. The highest BCUT2D eigenvalue weighted by atomic mass is 16.5. The molecule has 0 amide bonds. The Labute approximate surface area is 125 Å². The van der Waals surface area contributed by atoms with E-state index in [0.29, 0.717) is 12.3 Å². The molecule has 1 N–H and O–H groups in total. The summed E-state index contributed by atoms with van der Waals surface area (Å²) in [4.78, 5) is 0. The van der Waals surface area contributed by atoms with Gasteiger partial charge in [0.2, 0.25) is 0 Å². The minimum absolute atomic E-state index is 0.466. The molecule has 0 bridgehead atoms. The summed E-state index contributed by atoms with van der Waals surface area (Å²) in [6.07, 6.45) is 1.50. The van der Waals surface area contributed by atoms with Crippen LogP contribution in [-0.2, 0) is 6.42 Å². The topological polar surface area (TPSA) is 45.0 Å². The molecule has 0 aromatic heterocycles. The van der Waals surface area contributed by atoms with Crippen LogP contribution in [0.5, 0.6) is 5.75 Å². The Kier molecular flexibility index (Phi) is 4.07. The number of hydrogen-bond donors (Lipinski definition) is 1. The van der Waals surface area contributed by atoms with Gasteiger partial charge in [-0.1, -0.05) is 30.3 Å². The smallest absolute Gasteiger partial charge is 0.122 e. The molecule has 1 atom stereocenters. The molecule has 1 aliphatic heterocycles. The van der Waals surface area contributed by atoms with Crippen molar-refractivity contribution in [3.8, 4) is 11.8 Å². The maximum atomic E-state index is 8.68. The molecule has 1 unspecified atom stereocenters. The highest BCUT2D eigenvalue weighted by molar-refractivity contribution is 5.46. The van der Waals surface area contributed by atoms with E-state index in [0.717, 1.165) is 36.6 Å². The first-order valence-electron chi connectivity index (χ1n) is 7.28. The lowest BCUT2D eigenvalue weighted by Gasteiger charge is -2.26. The molecule has 0 saturated heterocycles. The first kappa shape index (κ1) is 13.5. The van der Waals surface area contributed by atoms with Gasteiger partial charge in [0, 0.05) is 18.2 Å². The Bertz CT molecular complexity index is 643. The summed E-state index contributed by atoms with van der Waals surface area (Å²) in [7, 11) is 0. The number of nitriles is 1. The van der Waals surface area contributed by atoms with Crippen LogP contribution >= 0.6 is 0 Å². The van der Waals surface area contributed by atoms with E-state index >= 15 is 0 Å². The third kappa shape index (κ3) is 3.17. The van der Waals surface area contributed by atoms with Gasteiger partial charge in [0.15, 0.2) is 0 Å². The summed E-state index contributed by atoms with van der Waals surface area (Å²) < 4.78 is 5.69. The zero-order valence-corrected chi connectivity index (χ0v) is 11.9. The van der Waals surface area contributed by atoms with E-state index in [2.05, 4.69) is 23.5 Å². The second kappa shape index (κ2) is 6.32. The van der Waals surface area contributed by atoms with Gasteiger partial charge < -0.3 is 10.1 Å². The van der Waals surface area contributed by atoms with Crippen LogP contribution in [0.1, 0.15) is 23.5 Å². The molecular weight excluding hydrogens is 260 g/mol. The number of rotatable bonds is 4. The molecule has 1 heterocycles. The van der Waals surface area contributed by atoms with Crippen molar-refractivity contribution in [2.24, 2.45) is 0 Å². The lowest BCUT2D eigenvalue weighted by molar-refractivity contribution is 0.270. The Morgan fingerprint density at radius 1 is 1.14 bits per heavy atom. The number of para-hydroxylation sites is 1. The number of ether oxygens (including phenoxy) is 1. The molecule has 0 aliphatic carbocycles. The number of hydrogen-bond acceptors (Lipinski definition) is 3. The molecule has 3 rings (SSSR count). The van der Waals surface area contributed by atoms with Gasteiger partial charge >= 0.3 is 0 Å². The second-order valence-electron chi connectivity index (χ2n) is 5.28. The molecule has 0 saturated carbocycles. The van der Waals surface area contributed by atoms with E-state index in [4.69, 9.17) is 10.00 Å². The molecule has 0 fully saturated rings. The average molecular weight is 278 g/mol. The van der Waals surface area contributed by atoms with E-state index in [1.54, 1.807) is 0 Å². The Morgan fingerprint density at radius 3 is 2.76 bits per heavy atom. The molecule has 0 radical (unpaired) electrons. The molecule has 0 spiro atoms. The molecule has 3 nitrogen and oxygen atoms in total. The van der Waals surface area contributed by atoms with E-state index in [1.165, 1.54) is 5.56 Å². The van der Waals surface area contributed by atoms with Gasteiger partial charge in [-0.2, -0.15) is 5.26 Å². The van der Waals surface area contributed by atoms with Gasteiger partial charge in [0.1, 0.15) is 5.75 Å². The third-order valence-electron chi connectivity index (χ3n) is 3.87. The Morgan fingerprint density at radius 2 is 1.95 bits per heavy atom. The average Bonchev–Trinajstić information content (AvgIpc) is 2.54. The van der Waals surface area contributed by atoms with Gasteiger partial charge in [-0.25, -0.2) is 0 Å². The van der Waals surface area contributed by atoms with E-state index in [-0.39, 0.29) is 0 Å². The maximum absolute atomic E-state index is 8.68. The van der Waals surface area contributed by atoms with Crippen molar-refractivity contribution in [3.63, 3.8) is 0 Å². The number of fused-ring (bicyclic) bond motifs is 1. The minimum Gasteiger partial charge on any atom is -0.493 e. The lowest BCUT2D eigenvalue weighted by atomic mass is 9.93. The number of nitrogens with zero attached hydrogens (tertiary/aromatic N) is 1. The summed E-state index contributed by atoms with van der Waals surface area (Å²) >= 11 is 0. The van der Waals surface area contributed by atoms with Crippen molar-refractivity contribution in [3.05, 3.63) is 59.7 Å². The second-order valence-corrected chi connectivity index (χ2v) is 5.28. The predicted octanol–water partition coefficient (Wildman–Crippen LogP) is 3.73. The summed E-state index contributed by atoms with van der Waals surface area (Å²) in [5.74, 6) is 1.49. The van der Waals surface area contributed by atoms with Crippen molar-refractivity contribution >= 4 is 5.69 Å². The van der Waals surface area contributed by atoms with Crippen LogP contribution in [0.25, 0.3) is 0 Å². The standard InChI is InChI=1S/C18H18N2O/c19-11-9-14-5-7-16(8-6-14)20-13-15-10-12-21-18-4-2-1-3-17(15)18/h1-8,15,20H,9-10,12-13H2. The summed E-state index contributed by atoms with van der Waals surface area (Å²) in [5.41, 5.74) is 3.44. The Hall–Kier alpha value is -2.47. The van der Waals surface area contributed by atoms with Crippen LogP contribution in [0, 0.1) is 11.3 Å². The zero-order valence-electron chi connectivity index (χ0n) is 11.9. The van der Waals surface area contributed by atoms with Crippen LogP contribution in [0.3, 0.4) is 0 Å². The van der Waals surface area contributed by atoms with Gasteiger partial charge in [-0.3, -0.25) is 0 Å². The Balaban J connectivity index is 1.64. The SMILES string of the molecule is N#CCc1ccc(NCC2CCOc3ccccc32)cc1. The van der Waals surface area contributed by atoms with Crippen LogP contribution in [-0.4, -0.2) is 13.2 Å². The van der Waals surface area contributed by atoms with Crippen molar-refractivity contribution < 1.29 is 4.74 Å². The summed E-state index contributed by atoms with van der Waals surface area (Å²) in [6.45, 7) is 1.68. The fourth-order valence-electron chi connectivity index (χ4n) is 2.70. The fraction of sp³-hybridized carbons (Fsp3) is 0.278. The van der Waals surface area contributed by atoms with Crippen molar-refractivity contribution in [1.82, 2.24) is 0 Å². The van der Waals surface area contributed by atoms with Crippen LogP contribution in [0.4, 0.5) is 5.69 Å². The molecule has 21 heavy (non-hydrogen) atoms. The predicted molar refractivity (Wildman–Crippen MR) is 83.5 cm³/mol. The highest BCUT2D eigenvalue weighted by Crippen LogP contribution is 2.33. The van der Waals surface area contributed by atoms with E-state index in [9.17, 15) is 0 Å². The van der Waals surface area contributed by atoms with Gasteiger partial charge in [0.05, 0.1) is 19.1 Å². The van der Waals surface area contributed by atoms with Crippen LogP contribution in [0.2, 0.25) is 0 Å². The van der Waals surface area contributed by atoms with Crippen molar-refractivity contribution in [1.29, 1.82) is 5.26 Å². The zero-order chi connectivity index (χ0) is 14.5. The number of nitrogens with one attached hydrogen (secondary N) is 1. The van der Waals surface area contributed by atoms with Gasteiger partial charge in [-0.15, -0.1) is 0 Å². The summed E-state index contributed by atoms with van der Waals surface area (Å²) in [5, 5.41) is 12.2. The molecule has 3 heteroatoms. The summed E-state index contributed by atoms with van der Waals surface area (Å²) in [6, 6.07) is 18.5. The van der Waals surface area contributed by atoms with Gasteiger partial charge in [-0.05, 0) is 35.7 Å². The largest absolute Gasteiger partial charge is 0.493 e. The quantitative estimate of drug-likeness (QED) is 0.926. The normalized spacial score (nSPS) is 16.4. The van der Waals surface area contributed by atoms with Gasteiger partial charge in [0.25, 0.3) is 0 Å². The van der Waals surface area contributed by atoms with Crippen LogP contribution < -0.4 is 10.1 Å². The third-order valence-corrected chi connectivity index (χ3v) is 3.87. The number of benzene rings is 2. The minimum atomic E-state index is 0.466. The maximum Gasteiger partial charge on any atom is 0.122 e. The van der Waals surface area contributed by atoms with Crippen molar-refractivity contribution in [2.75, 3.05) is 18.5 Å². The van der Waals surface area contributed by atoms with Crippen molar-refractivity contribution in [2.45, 2.75) is 18.8 Å². The lowest BCUT2D eigenvalue weighted by Crippen LogP contribution is -2.20. The monoisotopic (exact) mass is 278 g/mol. The highest BCUT2D eigenvalue weighted by Gasteiger charge is 2.20. The molecule has 106 valence electrons. The molecule has 2 aromatic rings. The number of anilines is 1. The fourth-order valence-corrected chi connectivity index (χ4v) is 2.70. The van der Waals surface area contributed by atoms with Crippen LogP contribution in [0.15, 0.2) is 48.5 Å².